The summed E-state index contributed by atoms with van der Waals surface area (Å²) in [7, 11) is 0. The molecule has 5 heteroatoms. The first kappa shape index (κ1) is 19.2. The van der Waals surface area contributed by atoms with E-state index in [1.54, 1.807) is 0 Å². The summed E-state index contributed by atoms with van der Waals surface area (Å²) in [5, 5.41) is 17.1. The van der Waals surface area contributed by atoms with Crippen LogP contribution >= 0.6 is 0 Å². The lowest BCUT2D eigenvalue weighted by Crippen LogP contribution is -2.46. The van der Waals surface area contributed by atoms with Gasteiger partial charge in [0.05, 0.1) is 12.1 Å². The number of guanidine groups is 1. The first-order valence-electron chi connectivity index (χ1n) is 10.2. The van der Waals surface area contributed by atoms with E-state index in [2.05, 4.69) is 51.7 Å². The maximum Gasteiger partial charge on any atom is 0.191 e. The Bertz CT molecular complexity index is 572. The number of aliphatic hydroxyl groups is 1. The van der Waals surface area contributed by atoms with Gasteiger partial charge in [0.1, 0.15) is 0 Å². The highest BCUT2D eigenvalue weighted by atomic mass is 16.3. The fourth-order valence-electron chi connectivity index (χ4n) is 3.92. The summed E-state index contributed by atoms with van der Waals surface area (Å²) in [4.78, 5) is 7.20. The van der Waals surface area contributed by atoms with E-state index < -0.39 is 5.60 Å². The van der Waals surface area contributed by atoms with E-state index in [0.29, 0.717) is 13.1 Å². The van der Waals surface area contributed by atoms with Gasteiger partial charge in [-0.1, -0.05) is 37.1 Å². The van der Waals surface area contributed by atoms with Gasteiger partial charge in [-0.15, -0.1) is 0 Å². The molecule has 0 aromatic heterocycles. The number of rotatable bonds is 7. The zero-order valence-electron chi connectivity index (χ0n) is 16.1. The summed E-state index contributed by atoms with van der Waals surface area (Å²) >= 11 is 0. The van der Waals surface area contributed by atoms with Crippen molar-refractivity contribution in [3.05, 3.63) is 35.4 Å². The van der Waals surface area contributed by atoms with Crippen molar-refractivity contribution >= 4 is 5.96 Å². The van der Waals surface area contributed by atoms with Crippen LogP contribution in [0.3, 0.4) is 0 Å². The highest BCUT2D eigenvalue weighted by molar-refractivity contribution is 5.79. The van der Waals surface area contributed by atoms with Crippen molar-refractivity contribution in [3.63, 3.8) is 0 Å². The van der Waals surface area contributed by atoms with Crippen molar-refractivity contribution in [1.29, 1.82) is 0 Å². The fourth-order valence-corrected chi connectivity index (χ4v) is 3.92. The van der Waals surface area contributed by atoms with E-state index in [0.717, 1.165) is 44.7 Å². The van der Waals surface area contributed by atoms with Gasteiger partial charge < -0.3 is 15.7 Å². The van der Waals surface area contributed by atoms with Gasteiger partial charge in [0.15, 0.2) is 5.96 Å². The molecule has 2 fully saturated rings. The molecule has 5 nitrogen and oxygen atoms in total. The molecule has 0 unspecified atom stereocenters. The topological polar surface area (TPSA) is 59.9 Å². The van der Waals surface area contributed by atoms with E-state index in [1.165, 1.54) is 37.1 Å². The van der Waals surface area contributed by atoms with Crippen LogP contribution in [-0.2, 0) is 13.1 Å². The summed E-state index contributed by atoms with van der Waals surface area (Å²) in [6.45, 7) is 7.64. The van der Waals surface area contributed by atoms with Crippen molar-refractivity contribution in [1.82, 2.24) is 15.5 Å². The van der Waals surface area contributed by atoms with Gasteiger partial charge in [0.2, 0.25) is 0 Å². The molecule has 0 bridgehead atoms. The van der Waals surface area contributed by atoms with Crippen LogP contribution in [0, 0.1) is 0 Å². The highest BCUT2D eigenvalue weighted by Crippen LogP contribution is 2.28. The minimum atomic E-state index is -0.562. The van der Waals surface area contributed by atoms with E-state index in [-0.39, 0.29) is 0 Å². The Kier molecular flexibility index (Phi) is 6.92. The number of nitrogens with one attached hydrogen (secondary N) is 2. The van der Waals surface area contributed by atoms with Crippen LogP contribution in [0.4, 0.5) is 0 Å². The van der Waals surface area contributed by atoms with E-state index in [9.17, 15) is 5.11 Å². The summed E-state index contributed by atoms with van der Waals surface area (Å²) in [6.07, 6.45) is 6.69. The molecule has 0 atom stereocenters. The molecule has 1 aliphatic carbocycles. The molecule has 144 valence electrons. The number of nitrogens with zero attached hydrogens (tertiary/aromatic N) is 2. The van der Waals surface area contributed by atoms with Gasteiger partial charge in [-0.25, -0.2) is 4.99 Å². The van der Waals surface area contributed by atoms with Crippen molar-refractivity contribution < 1.29 is 5.11 Å². The minimum absolute atomic E-state index is 0.562. The second kappa shape index (κ2) is 9.38. The van der Waals surface area contributed by atoms with Crippen LogP contribution in [0.15, 0.2) is 29.3 Å². The third-order valence-corrected chi connectivity index (χ3v) is 5.51. The lowest BCUT2D eigenvalue weighted by Gasteiger charge is -2.23. The van der Waals surface area contributed by atoms with E-state index >= 15 is 0 Å². The molecule has 1 saturated heterocycles. The third-order valence-electron chi connectivity index (χ3n) is 5.51. The average molecular weight is 359 g/mol. The first-order chi connectivity index (χ1) is 12.7. The predicted molar refractivity (Wildman–Crippen MR) is 107 cm³/mol. The molecule has 1 aliphatic heterocycles. The number of likely N-dealkylation sites (tertiary alicyclic amines) is 1. The Morgan fingerprint density at radius 2 is 1.69 bits per heavy atom. The average Bonchev–Trinajstić information content (AvgIpc) is 3.31. The van der Waals surface area contributed by atoms with Crippen molar-refractivity contribution in [3.8, 4) is 0 Å². The van der Waals surface area contributed by atoms with Gasteiger partial charge >= 0.3 is 0 Å². The number of hydrogen-bond acceptors (Lipinski definition) is 3. The Labute approximate surface area is 157 Å². The molecule has 1 aromatic carbocycles. The van der Waals surface area contributed by atoms with Gasteiger partial charge in [-0.3, -0.25) is 4.90 Å². The predicted octanol–water partition coefficient (Wildman–Crippen LogP) is 2.64. The largest absolute Gasteiger partial charge is 0.388 e. The monoisotopic (exact) mass is 358 g/mol. The maximum absolute atomic E-state index is 10.5. The zero-order chi connectivity index (χ0) is 18.2. The third kappa shape index (κ3) is 5.71. The molecule has 1 saturated carbocycles. The molecule has 3 N–H and O–H groups in total. The maximum atomic E-state index is 10.5. The fraction of sp³-hybridized carbons (Fsp3) is 0.667. The Morgan fingerprint density at radius 1 is 1.04 bits per heavy atom. The van der Waals surface area contributed by atoms with Crippen LogP contribution in [0.5, 0.6) is 0 Å². The second-order valence-corrected chi connectivity index (χ2v) is 7.78. The van der Waals surface area contributed by atoms with Crippen LogP contribution in [0.1, 0.15) is 56.6 Å². The Balaban J connectivity index is 1.51. The SMILES string of the molecule is CCNC(=NCc1ccc(CN2CCCC2)cc1)NCC1(O)CCCC1. The first-order valence-corrected chi connectivity index (χ1v) is 10.2. The normalized spacial score (nSPS) is 20.5. The van der Waals surface area contributed by atoms with Crippen molar-refractivity contribution in [2.45, 2.75) is 64.1 Å². The van der Waals surface area contributed by atoms with E-state index in [4.69, 9.17) is 0 Å². The summed E-state index contributed by atoms with van der Waals surface area (Å²) in [5.41, 5.74) is 2.04. The second-order valence-electron chi connectivity index (χ2n) is 7.78. The van der Waals surface area contributed by atoms with E-state index in [1.807, 2.05) is 0 Å². The smallest absolute Gasteiger partial charge is 0.191 e. The molecule has 2 aliphatic rings. The van der Waals surface area contributed by atoms with Crippen molar-refractivity contribution in [2.24, 2.45) is 4.99 Å². The van der Waals surface area contributed by atoms with Crippen molar-refractivity contribution in [2.75, 3.05) is 26.2 Å². The molecule has 26 heavy (non-hydrogen) atoms. The van der Waals surface area contributed by atoms with Crippen LogP contribution in [-0.4, -0.2) is 47.7 Å². The van der Waals surface area contributed by atoms with Gasteiger partial charge in [0, 0.05) is 19.6 Å². The Hall–Kier alpha value is -1.59. The zero-order valence-corrected chi connectivity index (χ0v) is 16.1. The summed E-state index contributed by atoms with van der Waals surface area (Å²) < 4.78 is 0. The Morgan fingerprint density at radius 3 is 2.35 bits per heavy atom. The van der Waals surface area contributed by atoms with Gasteiger partial charge in [0.25, 0.3) is 0 Å². The standard InChI is InChI=1S/C21H34N4O/c1-2-22-20(24-17-21(26)11-3-4-12-21)23-15-18-7-9-19(10-8-18)16-25-13-5-6-14-25/h7-10,26H,2-6,11-17H2,1H3,(H2,22,23,24). The lowest BCUT2D eigenvalue weighted by molar-refractivity contribution is 0.0522. The van der Waals surface area contributed by atoms with Crippen LogP contribution in [0.25, 0.3) is 0 Å². The molecular weight excluding hydrogens is 324 g/mol. The highest BCUT2D eigenvalue weighted by Gasteiger charge is 2.30. The summed E-state index contributed by atoms with van der Waals surface area (Å²) in [5.74, 6) is 0.786. The lowest BCUT2D eigenvalue weighted by atomic mass is 10.0. The number of aliphatic imine (C=N–C) groups is 1. The molecule has 0 amide bonds. The number of benzene rings is 1. The molecule has 0 radical (unpaired) electrons. The molecule has 0 spiro atoms. The molecule has 3 rings (SSSR count). The van der Waals surface area contributed by atoms with Crippen LogP contribution in [0.2, 0.25) is 0 Å². The quantitative estimate of drug-likeness (QED) is 0.518. The molecule has 1 heterocycles. The van der Waals surface area contributed by atoms with Gasteiger partial charge in [-0.2, -0.15) is 0 Å². The van der Waals surface area contributed by atoms with Gasteiger partial charge in [-0.05, 0) is 56.8 Å². The van der Waals surface area contributed by atoms with Crippen LogP contribution < -0.4 is 10.6 Å². The summed E-state index contributed by atoms with van der Waals surface area (Å²) in [6, 6.07) is 8.82. The molecule has 1 aromatic rings. The number of hydrogen-bond donors (Lipinski definition) is 3. The minimum Gasteiger partial charge on any atom is -0.388 e. The molecular formula is C21H34N4O.